The Hall–Kier alpha value is -1.14. The van der Waals surface area contributed by atoms with E-state index in [4.69, 9.17) is 9.84 Å². The lowest BCUT2D eigenvalue weighted by Gasteiger charge is -2.22. The molecular weight excluding hydrogens is 212 g/mol. The van der Waals surface area contributed by atoms with Gasteiger partial charge in [-0.05, 0) is 12.8 Å². The van der Waals surface area contributed by atoms with Gasteiger partial charge < -0.3 is 20.5 Å². The predicted molar refractivity (Wildman–Crippen MR) is 57.1 cm³/mol. The van der Waals surface area contributed by atoms with Crippen molar-refractivity contribution in [1.29, 1.82) is 0 Å². The van der Waals surface area contributed by atoms with Crippen LogP contribution < -0.4 is 10.6 Å². The highest BCUT2D eigenvalue weighted by atomic mass is 16.5. The zero-order chi connectivity index (χ0) is 11.8. The summed E-state index contributed by atoms with van der Waals surface area (Å²) in [5.41, 5.74) is 0. The van der Waals surface area contributed by atoms with E-state index in [1.807, 2.05) is 0 Å². The van der Waals surface area contributed by atoms with Crippen LogP contribution in [0.25, 0.3) is 0 Å². The van der Waals surface area contributed by atoms with Crippen molar-refractivity contribution in [2.45, 2.75) is 25.3 Å². The molecule has 1 aliphatic heterocycles. The fourth-order valence-electron chi connectivity index (χ4n) is 1.47. The van der Waals surface area contributed by atoms with Crippen molar-refractivity contribution in [2.24, 2.45) is 0 Å². The lowest BCUT2D eigenvalue weighted by atomic mass is 10.2. The number of hydrogen-bond acceptors (Lipinski definition) is 4. The summed E-state index contributed by atoms with van der Waals surface area (Å²) >= 11 is 0. The number of nitrogens with one attached hydrogen (secondary N) is 2. The summed E-state index contributed by atoms with van der Waals surface area (Å²) in [5, 5.41) is 14.2. The van der Waals surface area contributed by atoms with Gasteiger partial charge in [-0.2, -0.15) is 0 Å². The number of aliphatic carboxylic acids is 1. The minimum atomic E-state index is -0.798. The highest BCUT2D eigenvalue weighted by Gasteiger charge is 2.20. The van der Waals surface area contributed by atoms with Crippen LogP contribution in [0.5, 0.6) is 0 Å². The van der Waals surface area contributed by atoms with E-state index in [0.717, 1.165) is 0 Å². The quantitative estimate of drug-likeness (QED) is 0.528. The molecule has 1 saturated heterocycles. The first kappa shape index (κ1) is 12.9. The molecule has 0 saturated carbocycles. The number of carbonyl (C=O) groups is 2. The Labute approximate surface area is 94.3 Å². The maximum atomic E-state index is 11.5. The van der Waals surface area contributed by atoms with Gasteiger partial charge in [0.05, 0.1) is 13.2 Å². The first-order valence-corrected chi connectivity index (χ1v) is 5.51. The minimum absolute atomic E-state index is 0.0741. The Balaban J connectivity index is 2.03. The van der Waals surface area contributed by atoms with E-state index in [-0.39, 0.29) is 18.4 Å². The molecule has 0 spiro atoms. The molecule has 6 nitrogen and oxygen atoms in total. The van der Waals surface area contributed by atoms with E-state index in [2.05, 4.69) is 10.6 Å². The van der Waals surface area contributed by atoms with E-state index < -0.39 is 5.97 Å². The van der Waals surface area contributed by atoms with Gasteiger partial charge in [-0.1, -0.05) is 0 Å². The van der Waals surface area contributed by atoms with Crippen molar-refractivity contribution in [3.05, 3.63) is 0 Å². The molecule has 1 atom stereocenters. The van der Waals surface area contributed by atoms with Crippen LogP contribution in [0.1, 0.15) is 19.3 Å². The molecule has 0 aromatic heterocycles. The molecule has 92 valence electrons. The molecule has 0 aliphatic carbocycles. The second-order valence-electron chi connectivity index (χ2n) is 3.72. The molecule has 1 unspecified atom stereocenters. The topological polar surface area (TPSA) is 87.7 Å². The molecule has 0 aromatic rings. The normalized spacial score (nSPS) is 20.4. The van der Waals surface area contributed by atoms with Crippen LogP contribution in [0, 0.1) is 0 Å². The number of amides is 1. The number of rotatable bonds is 6. The molecule has 1 aliphatic rings. The van der Waals surface area contributed by atoms with Gasteiger partial charge in [0.15, 0.2) is 0 Å². The Morgan fingerprint density at radius 3 is 2.88 bits per heavy atom. The Morgan fingerprint density at radius 1 is 1.44 bits per heavy atom. The smallest absolute Gasteiger partial charge is 0.303 e. The number of ether oxygens (including phenoxy) is 1. The van der Waals surface area contributed by atoms with Crippen LogP contribution in [-0.4, -0.2) is 49.3 Å². The Bertz CT molecular complexity index is 239. The third-order valence-corrected chi connectivity index (χ3v) is 2.35. The Morgan fingerprint density at radius 2 is 2.25 bits per heavy atom. The van der Waals surface area contributed by atoms with Crippen LogP contribution in [0.4, 0.5) is 0 Å². The predicted octanol–water partition coefficient (Wildman–Crippen LogP) is -0.654. The number of morpholine rings is 1. The van der Waals surface area contributed by atoms with E-state index in [1.165, 1.54) is 0 Å². The van der Waals surface area contributed by atoms with E-state index in [9.17, 15) is 9.59 Å². The first-order valence-electron chi connectivity index (χ1n) is 5.51. The second kappa shape index (κ2) is 7.19. The molecule has 6 heteroatoms. The van der Waals surface area contributed by atoms with Crippen molar-refractivity contribution >= 4 is 11.9 Å². The maximum absolute atomic E-state index is 11.5. The SMILES string of the molecule is O=C(O)CCCCNC(=O)C1COCCN1. The number of unbranched alkanes of at least 4 members (excludes halogenated alkanes) is 1. The third-order valence-electron chi connectivity index (χ3n) is 2.35. The monoisotopic (exact) mass is 230 g/mol. The summed E-state index contributed by atoms with van der Waals surface area (Å²) in [6.07, 6.45) is 1.43. The van der Waals surface area contributed by atoms with Gasteiger partial charge in [0.25, 0.3) is 0 Å². The van der Waals surface area contributed by atoms with Crippen LogP contribution >= 0.6 is 0 Å². The molecule has 0 aromatic carbocycles. The molecular formula is C10H18N2O4. The van der Waals surface area contributed by atoms with Crippen LogP contribution in [-0.2, 0) is 14.3 Å². The summed E-state index contributed by atoms with van der Waals surface area (Å²) < 4.78 is 5.16. The largest absolute Gasteiger partial charge is 0.481 e. The lowest BCUT2D eigenvalue weighted by molar-refractivity contribution is -0.137. The highest BCUT2D eigenvalue weighted by molar-refractivity contribution is 5.81. The fourth-order valence-corrected chi connectivity index (χ4v) is 1.47. The van der Waals surface area contributed by atoms with E-state index >= 15 is 0 Å². The van der Waals surface area contributed by atoms with Gasteiger partial charge in [0, 0.05) is 19.5 Å². The lowest BCUT2D eigenvalue weighted by Crippen LogP contribution is -2.51. The van der Waals surface area contributed by atoms with Crippen molar-refractivity contribution in [3.8, 4) is 0 Å². The maximum Gasteiger partial charge on any atom is 0.303 e. The molecule has 0 radical (unpaired) electrons. The first-order chi connectivity index (χ1) is 7.70. The van der Waals surface area contributed by atoms with Gasteiger partial charge in [0.1, 0.15) is 6.04 Å². The standard InChI is InChI=1S/C10H18N2O4/c13-9(14)3-1-2-4-12-10(15)8-7-16-6-5-11-8/h8,11H,1-7H2,(H,12,15)(H,13,14). The van der Waals surface area contributed by atoms with Crippen molar-refractivity contribution < 1.29 is 19.4 Å². The molecule has 1 rings (SSSR count). The van der Waals surface area contributed by atoms with Crippen molar-refractivity contribution in [2.75, 3.05) is 26.3 Å². The molecule has 1 fully saturated rings. The van der Waals surface area contributed by atoms with Crippen molar-refractivity contribution in [3.63, 3.8) is 0 Å². The minimum Gasteiger partial charge on any atom is -0.481 e. The summed E-state index contributed by atoms with van der Waals surface area (Å²) in [6, 6.07) is -0.270. The number of carboxylic acids is 1. The zero-order valence-corrected chi connectivity index (χ0v) is 9.20. The van der Waals surface area contributed by atoms with Crippen LogP contribution in [0.3, 0.4) is 0 Å². The Kier molecular flexibility index (Phi) is 5.81. The second-order valence-corrected chi connectivity index (χ2v) is 3.72. The fraction of sp³-hybridized carbons (Fsp3) is 0.800. The van der Waals surface area contributed by atoms with Gasteiger partial charge in [-0.3, -0.25) is 9.59 Å². The van der Waals surface area contributed by atoms with Gasteiger partial charge in [0.2, 0.25) is 5.91 Å². The van der Waals surface area contributed by atoms with Crippen LogP contribution in [0.2, 0.25) is 0 Å². The van der Waals surface area contributed by atoms with Gasteiger partial charge in [-0.25, -0.2) is 0 Å². The molecule has 16 heavy (non-hydrogen) atoms. The van der Waals surface area contributed by atoms with Gasteiger partial charge >= 0.3 is 5.97 Å². The average molecular weight is 230 g/mol. The zero-order valence-electron chi connectivity index (χ0n) is 9.20. The molecule has 0 bridgehead atoms. The van der Waals surface area contributed by atoms with Crippen LogP contribution in [0.15, 0.2) is 0 Å². The molecule has 1 heterocycles. The summed E-state index contributed by atoms with van der Waals surface area (Å²) in [5.74, 6) is -0.872. The van der Waals surface area contributed by atoms with Gasteiger partial charge in [-0.15, -0.1) is 0 Å². The van der Waals surface area contributed by atoms with Crippen molar-refractivity contribution in [1.82, 2.24) is 10.6 Å². The summed E-state index contributed by atoms with van der Waals surface area (Å²) in [6.45, 7) is 2.25. The molecule has 1 amide bonds. The molecule has 3 N–H and O–H groups in total. The average Bonchev–Trinajstić information content (AvgIpc) is 2.29. The number of carbonyl (C=O) groups excluding carboxylic acids is 1. The highest BCUT2D eigenvalue weighted by Crippen LogP contribution is 1.95. The van der Waals surface area contributed by atoms with E-state index in [1.54, 1.807) is 0 Å². The summed E-state index contributed by atoms with van der Waals surface area (Å²) in [7, 11) is 0. The number of hydrogen-bond donors (Lipinski definition) is 3. The van der Waals surface area contributed by atoms with E-state index in [0.29, 0.717) is 39.1 Å². The number of carboxylic acid groups (broad SMARTS) is 1. The third kappa shape index (κ3) is 5.09. The summed E-state index contributed by atoms with van der Waals surface area (Å²) in [4.78, 5) is 21.8.